The van der Waals surface area contributed by atoms with Crippen molar-refractivity contribution in [3.05, 3.63) is 41.7 Å². The predicted molar refractivity (Wildman–Crippen MR) is 90.1 cm³/mol. The summed E-state index contributed by atoms with van der Waals surface area (Å²) < 4.78 is 0. The van der Waals surface area contributed by atoms with Gasteiger partial charge in [0.2, 0.25) is 0 Å². The summed E-state index contributed by atoms with van der Waals surface area (Å²) in [7, 11) is 0. The molecule has 5 heteroatoms. The van der Waals surface area contributed by atoms with E-state index in [1.807, 2.05) is 31.2 Å². The number of rotatable bonds is 6. The molecule has 2 rings (SSSR count). The van der Waals surface area contributed by atoms with Crippen LogP contribution in [0.5, 0.6) is 0 Å². The van der Waals surface area contributed by atoms with Gasteiger partial charge in [-0.3, -0.25) is 4.79 Å². The topological polar surface area (TPSA) is 58.1 Å². The first-order valence-corrected chi connectivity index (χ1v) is 7.52. The Morgan fingerprint density at radius 1 is 1.18 bits per heavy atom. The van der Waals surface area contributed by atoms with Crippen molar-refractivity contribution in [2.45, 2.75) is 27.7 Å². The van der Waals surface area contributed by atoms with E-state index in [2.05, 4.69) is 34.0 Å². The summed E-state index contributed by atoms with van der Waals surface area (Å²) in [6, 6.07) is 9.34. The Kier molecular flexibility index (Phi) is 5.09. The van der Waals surface area contributed by atoms with Crippen molar-refractivity contribution in [1.82, 2.24) is 9.97 Å². The average Bonchev–Trinajstić information content (AvgIpc) is 2.48. The van der Waals surface area contributed by atoms with Gasteiger partial charge in [0.25, 0.3) is 0 Å². The van der Waals surface area contributed by atoms with E-state index in [-0.39, 0.29) is 5.78 Å². The molecule has 0 unspecified atom stereocenters. The van der Waals surface area contributed by atoms with E-state index in [0.29, 0.717) is 5.56 Å². The van der Waals surface area contributed by atoms with Crippen LogP contribution in [-0.4, -0.2) is 28.8 Å². The van der Waals surface area contributed by atoms with Crippen LogP contribution in [0.25, 0.3) is 0 Å². The van der Waals surface area contributed by atoms with Crippen LogP contribution in [0, 0.1) is 6.92 Å². The molecule has 0 aliphatic rings. The maximum absolute atomic E-state index is 11.5. The minimum atomic E-state index is 0.0475. The first-order valence-electron chi connectivity index (χ1n) is 7.52. The highest BCUT2D eigenvalue weighted by atomic mass is 16.1. The number of benzene rings is 1. The highest BCUT2D eigenvalue weighted by Gasteiger charge is 2.08. The normalized spacial score (nSPS) is 10.4. The summed E-state index contributed by atoms with van der Waals surface area (Å²) in [5.74, 6) is 2.40. The molecule has 0 fully saturated rings. The van der Waals surface area contributed by atoms with Crippen LogP contribution in [0.2, 0.25) is 0 Å². The van der Waals surface area contributed by atoms with Gasteiger partial charge in [-0.15, -0.1) is 0 Å². The van der Waals surface area contributed by atoms with Gasteiger partial charge in [0.1, 0.15) is 17.5 Å². The Morgan fingerprint density at radius 3 is 2.55 bits per heavy atom. The van der Waals surface area contributed by atoms with Crippen LogP contribution < -0.4 is 10.2 Å². The number of aryl methyl sites for hydroxylation is 1. The molecule has 0 radical (unpaired) electrons. The molecule has 1 aromatic carbocycles. The van der Waals surface area contributed by atoms with Gasteiger partial charge in [0.05, 0.1) is 0 Å². The van der Waals surface area contributed by atoms with Crippen molar-refractivity contribution >= 4 is 23.1 Å². The van der Waals surface area contributed by atoms with Gasteiger partial charge >= 0.3 is 0 Å². The lowest BCUT2D eigenvalue weighted by Crippen LogP contribution is -2.23. The van der Waals surface area contributed by atoms with Gasteiger partial charge in [-0.2, -0.15) is 0 Å². The van der Waals surface area contributed by atoms with Gasteiger partial charge < -0.3 is 10.2 Å². The molecule has 22 heavy (non-hydrogen) atoms. The largest absolute Gasteiger partial charge is 0.357 e. The standard InChI is InChI=1S/C17H22N4O/c1-5-21(6-2)17-11-16(18-13(4)19-17)20-15-9-7-8-14(10-15)12(3)22/h7-11H,5-6H2,1-4H3,(H,18,19,20). The summed E-state index contributed by atoms with van der Waals surface area (Å²) in [5, 5.41) is 3.25. The number of anilines is 3. The molecule has 1 N–H and O–H groups in total. The van der Waals surface area contributed by atoms with E-state index in [9.17, 15) is 4.79 Å². The summed E-state index contributed by atoms with van der Waals surface area (Å²) in [6.07, 6.45) is 0. The highest BCUT2D eigenvalue weighted by molar-refractivity contribution is 5.95. The quantitative estimate of drug-likeness (QED) is 0.826. The summed E-state index contributed by atoms with van der Waals surface area (Å²) in [6.45, 7) is 9.43. The SMILES string of the molecule is CCN(CC)c1cc(Nc2cccc(C(C)=O)c2)nc(C)n1. The number of nitrogens with one attached hydrogen (secondary N) is 1. The third-order valence-electron chi connectivity index (χ3n) is 3.45. The molecule has 1 aromatic heterocycles. The number of aromatic nitrogens is 2. The number of nitrogens with zero attached hydrogens (tertiary/aromatic N) is 3. The van der Waals surface area contributed by atoms with Crippen molar-refractivity contribution in [3.63, 3.8) is 0 Å². The first-order chi connectivity index (χ1) is 10.5. The number of carbonyl (C=O) groups is 1. The maximum Gasteiger partial charge on any atom is 0.159 e. The second-order valence-electron chi connectivity index (χ2n) is 5.09. The zero-order valence-electron chi connectivity index (χ0n) is 13.6. The molecule has 0 bridgehead atoms. The minimum absolute atomic E-state index is 0.0475. The number of ketones is 1. The zero-order chi connectivity index (χ0) is 16.1. The number of carbonyl (C=O) groups excluding carboxylic acids is 1. The zero-order valence-corrected chi connectivity index (χ0v) is 13.6. The van der Waals surface area contributed by atoms with E-state index < -0.39 is 0 Å². The lowest BCUT2D eigenvalue weighted by atomic mass is 10.1. The molecule has 0 saturated heterocycles. The summed E-state index contributed by atoms with van der Waals surface area (Å²) >= 11 is 0. The molecule has 5 nitrogen and oxygen atoms in total. The average molecular weight is 298 g/mol. The van der Waals surface area contributed by atoms with Gasteiger partial charge in [-0.1, -0.05) is 12.1 Å². The molecular formula is C17H22N4O. The van der Waals surface area contributed by atoms with Gasteiger partial charge in [-0.05, 0) is 39.8 Å². The Morgan fingerprint density at radius 2 is 1.91 bits per heavy atom. The fourth-order valence-corrected chi connectivity index (χ4v) is 2.29. The lowest BCUT2D eigenvalue weighted by Gasteiger charge is -2.20. The minimum Gasteiger partial charge on any atom is -0.357 e. The van der Waals surface area contributed by atoms with E-state index >= 15 is 0 Å². The van der Waals surface area contributed by atoms with Crippen molar-refractivity contribution in [2.24, 2.45) is 0 Å². The molecule has 2 aromatic rings. The first kappa shape index (κ1) is 15.9. The molecule has 0 aliphatic heterocycles. The molecule has 0 amide bonds. The number of hydrogen-bond acceptors (Lipinski definition) is 5. The van der Waals surface area contributed by atoms with Crippen LogP contribution in [0.4, 0.5) is 17.3 Å². The third-order valence-corrected chi connectivity index (χ3v) is 3.45. The highest BCUT2D eigenvalue weighted by Crippen LogP contribution is 2.20. The Balaban J connectivity index is 2.29. The fourth-order valence-electron chi connectivity index (χ4n) is 2.29. The smallest absolute Gasteiger partial charge is 0.159 e. The van der Waals surface area contributed by atoms with E-state index in [1.165, 1.54) is 0 Å². The second-order valence-corrected chi connectivity index (χ2v) is 5.09. The predicted octanol–water partition coefficient (Wildman–Crippen LogP) is 3.58. The van der Waals surface area contributed by atoms with Gasteiger partial charge in [0, 0.05) is 30.4 Å². The molecular weight excluding hydrogens is 276 g/mol. The monoisotopic (exact) mass is 298 g/mol. The fraction of sp³-hybridized carbons (Fsp3) is 0.353. The maximum atomic E-state index is 11.5. The molecule has 0 spiro atoms. The molecule has 0 saturated carbocycles. The Labute approximate surface area is 131 Å². The third kappa shape index (κ3) is 3.81. The van der Waals surface area contributed by atoms with Crippen LogP contribution in [0.1, 0.15) is 37.0 Å². The van der Waals surface area contributed by atoms with Gasteiger partial charge in [0.15, 0.2) is 5.78 Å². The summed E-state index contributed by atoms with van der Waals surface area (Å²) in [4.78, 5) is 22.5. The van der Waals surface area contributed by atoms with E-state index in [4.69, 9.17) is 0 Å². The van der Waals surface area contributed by atoms with Crippen molar-refractivity contribution < 1.29 is 4.79 Å². The van der Waals surface area contributed by atoms with Crippen LogP contribution in [-0.2, 0) is 0 Å². The number of hydrogen-bond donors (Lipinski definition) is 1. The lowest BCUT2D eigenvalue weighted by molar-refractivity contribution is 0.101. The molecule has 0 aliphatic carbocycles. The van der Waals surface area contributed by atoms with E-state index in [1.54, 1.807) is 13.0 Å². The molecule has 116 valence electrons. The van der Waals surface area contributed by atoms with Crippen molar-refractivity contribution in [1.29, 1.82) is 0 Å². The second kappa shape index (κ2) is 7.02. The van der Waals surface area contributed by atoms with E-state index in [0.717, 1.165) is 36.2 Å². The van der Waals surface area contributed by atoms with Gasteiger partial charge in [-0.25, -0.2) is 9.97 Å². The Hall–Kier alpha value is -2.43. The molecule has 1 heterocycles. The van der Waals surface area contributed by atoms with Crippen molar-refractivity contribution in [2.75, 3.05) is 23.3 Å². The molecule has 0 atom stereocenters. The van der Waals surface area contributed by atoms with Crippen LogP contribution in [0.3, 0.4) is 0 Å². The Bertz CT molecular complexity index is 665. The van der Waals surface area contributed by atoms with Crippen LogP contribution >= 0.6 is 0 Å². The number of Topliss-reactive ketones (excluding diaryl/α,β-unsaturated/α-hetero) is 1. The summed E-state index contributed by atoms with van der Waals surface area (Å²) in [5.41, 5.74) is 1.52. The van der Waals surface area contributed by atoms with Crippen molar-refractivity contribution in [3.8, 4) is 0 Å². The van der Waals surface area contributed by atoms with Crippen LogP contribution in [0.15, 0.2) is 30.3 Å².